The number of fused-ring (bicyclic) bond motifs is 3. The maximum Gasteiger partial charge on any atom is 0.161 e. The van der Waals surface area contributed by atoms with Gasteiger partial charge in [0.15, 0.2) is 5.82 Å². The number of nitrogens with zero attached hydrogens (tertiary/aromatic N) is 2. The lowest BCUT2D eigenvalue weighted by atomic mass is 10.2. The second-order valence-corrected chi connectivity index (χ2v) is 6.15. The van der Waals surface area contributed by atoms with E-state index in [0.717, 1.165) is 29.3 Å². The number of aryl methyl sites for hydroxylation is 2. The molecule has 2 aromatic heterocycles. The van der Waals surface area contributed by atoms with Gasteiger partial charge in [0.25, 0.3) is 0 Å². The molecule has 0 aliphatic heterocycles. The lowest BCUT2D eigenvalue weighted by molar-refractivity contribution is 0.0538. The number of anilines is 1. The van der Waals surface area contributed by atoms with E-state index < -0.39 is 0 Å². The number of rotatable bonds is 5. The molecule has 1 atom stereocenters. The molecule has 4 nitrogen and oxygen atoms in total. The number of aromatic nitrogens is 2. The first-order valence-corrected chi connectivity index (χ1v) is 8.21. The van der Waals surface area contributed by atoms with Gasteiger partial charge in [-0.3, -0.25) is 0 Å². The Morgan fingerprint density at radius 3 is 2.85 bits per heavy atom. The normalized spacial score (nSPS) is 15.6. The molecule has 0 aromatic carbocycles. The van der Waals surface area contributed by atoms with E-state index in [0.29, 0.717) is 6.61 Å². The summed E-state index contributed by atoms with van der Waals surface area (Å²) in [6, 6.07) is 0. The summed E-state index contributed by atoms with van der Waals surface area (Å²) in [6.45, 7) is 4.82. The Bertz CT molecular complexity index is 623. The molecule has 0 spiro atoms. The van der Waals surface area contributed by atoms with Crippen molar-refractivity contribution in [3.63, 3.8) is 0 Å². The van der Waals surface area contributed by atoms with Gasteiger partial charge in [0.05, 0.1) is 5.39 Å². The molecule has 0 bridgehead atoms. The Balaban J connectivity index is 2.13. The Kier molecular flexibility index (Phi) is 3.89. The molecule has 2 aromatic rings. The molecule has 0 fully saturated rings. The van der Waals surface area contributed by atoms with Crippen LogP contribution in [0.3, 0.4) is 0 Å². The maximum atomic E-state index is 5.75. The van der Waals surface area contributed by atoms with Gasteiger partial charge in [-0.15, -0.1) is 11.3 Å². The van der Waals surface area contributed by atoms with E-state index in [-0.39, 0.29) is 6.10 Å². The van der Waals surface area contributed by atoms with E-state index in [2.05, 4.69) is 12.2 Å². The second-order valence-electron chi connectivity index (χ2n) is 5.07. The van der Waals surface area contributed by atoms with Crippen LogP contribution in [0.2, 0.25) is 0 Å². The van der Waals surface area contributed by atoms with Crippen molar-refractivity contribution in [1.29, 1.82) is 0 Å². The highest BCUT2D eigenvalue weighted by atomic mass is 32.1. The van der Waals surface area contributed by atoms with Crippen molar-refractivity contribution in [3.05, 3.63) is 16.3 Å². The summed E-state index contributed by atoms with van der Waals surface area (Å²) in [6.07, 6.45) is 4.51. The minimum atomic E-state index is -0.00607. The van der Waals surface area contributed by atoms with Crippen molar-refractivity contribution in [3.8, 4) is 0 Å². The van der Waals surface area contributed by atoms with Gasteiger partial charge < -0.3 is 10.1 Å². The van der Waals surface area contributed by atoms with E-state index in [1.54, 1.807) is 0 Å². The summed E-state index contributed by atoms with van der Waals surface area (Å²) in [7, 11) is 1.94. The Morgan fingerprint density at radius 2 is 2.15 bits per heavy atom. The number of hydrogen-bond acceptors (Lipinski definition) is 5. The molecule has 2 heterocycles. The van der Waals surface area contributed by atoms with Gasteiger partial charge in [-0.1, -0.05) is 6.92 Å². The zero-order valence-corrected chi connectivity index (χ0v) is 13.1. The van der Waals surface area contributed by atoms with E-state index in [1.165, 1.54) is 28.7 Å². The molecule has 0 radical (unpaired) electrons. The summed E-state index contributed by atoms with van der Waals surface area (Å²) in [5.74, 6) is 1.77. The number of hydrogen-bond donors (Lipinski definition) is 1. The van der Waals surface area contributed by atoms with Gasteiger partial charge in [0.2, 0.25) is 0 Å². The summed E-state index contributed by atoms with van der Waals surface area (Å²) in [4.78, 5) is 12.1. The highest BCUT2D eigenvalue weighted by Gasteiger charge is 2.23. The third-order valence-electron chi connectivity index (χ3n) is 3.85. The SMILES string of the molecule is CCOC(CC)c1nc(NC)c2c3c(sc2n1)CCC3. The molecule has 5 heteroatoms. The summed E-state index contributed by atoms with van der Waals surface area (Å²) < 4.78 is 5.75. The summed E-state index contributed by atoms with van der Waals surface area (Å²) in [5, 5.41) is 4.48. The lowest BCUT2D eigenvalue weighted by Gasteiger charge is -2.15. The van der Waals surface area contributed by atoms with Crippen LogP contribution in [0.5, 0.6) is 0 Å². The van der Waals surface area contributed by atoms with E-state index in [1.807, 2.05) is 25.3 Å². The first-order chi connectivity index (χ1) is 9.78. The molecule has 0 saturated heterocycles. The van der Waals surface area contributed by atoms with Gasteiger partial charge in [-0.2, -0.15) is 0 Å². The van der Waals surface area contributed by atoms with Crippen LogP contribution in [0, 0.1) is 0 Å². The van der Waals surface area contributed by atoms with Gasteiger partial charge in [0.1, 0.15) is 16.8 Å². The van der Waals surface area contributed by atoms with E-state index in [9.17, 15) is 0 Å². The Labute approximate surface area is 123 Å². The fourth-order valence-electron chi connectivity index (χ4n) is 2.91. The van der Waals surface area contributed by atoms with Crippen molar-refractivity contribution < 1.29 is 4.74 Å². The third kappa shape index (κ3) is 2.19. The highest BCUT2D eigenvalue weighted by Crippen LogP contribution is 2.40. The molecule has 1 aliphatic rings. The van der Waals surface area contributed by atoms with Crippen molar-refractivity contribution in [2.24, 2.45) is 0 Å². The molecule has 0 amide bonds. The Hall–Kier alpha value is -1.20. The predicted octanol–water partition coefficient (Wildman–Crippen LogP) is 3.71. The van der Waals surface area contributed by atoms with Crippen LogP contribution in [0.25, 0.3) is 10.2 Å². The standard InChI is InChI=1S/C15H21N3OS/c1-4-10(19-5-2)13-17-14(16-3)12-9-7-6-8-11(9)20-15(12)18-13/h10H,4-8H2,1-3H3,(H,16,17,18). The second kappa shape index (κ2) is 5.66. The van der Waals surface area contributed by atoms with Crippen LogP contribution < -0.4 is 5.32 Å². The lowest BCUT2D eigenvalue weighted by Crippen LogP contribution is -2.09. The molecule has 3 rings (SSSR count). The van der Waals surface area contributed by atoms with E-state index in [4.69, 9.17) is 14.7 Å². The van der Waals surface area contributed by atoms with Gasteiger partial charge in [-0.25, -0.2) is 9.97 Å². The number of thiophene rings is 1. The average Bonchev–Trinajstić information content (AvgIpc) is 3.03. The first-order valence-electron chi connectivity index (χ1n) is 7.40. The van der Waals surface area contributed by atoms with Crippen LogP contribution in [0.15, 0.2) is 0 Å². The van der Waals surface area contributed by atoms with E-state index >= 15 is 0 Å². The molecule has 1 unspecified atom stereocenters. The van der Waals surface area contributed by atoms with Crippen LogP contribution >= 0.6 is 11.3 Å². The van der Waals surface area contributed by atoms with Gasteiger partial charge in [0, 0.05) is 18.5 Å². The van der Waals surface area contributed by atoms with Crippen LogP contribution in [-0.2, 0) is 17.6 Å². The molecule has 20 heavy (non-hydrogen) atoms. The predicted molar refractivity (Wildman–Crippen MR) is 83.6 cm³/mol. The molecule has 1 aliphatic carbocycles. The monoisotopic (exact) mass is 291 g/mol. The average molecular weight is 291 g/mol. The van der Waals surface area contributed by atoms with Crippen molar-refractivity contribution in [2.45, 2.75) is 45.6 Å². The molecular weight excluding hydrogens is 270 g/mol. The summed E-state index contributed by atoms with van der Waals surface area (Å²) >= 11 is 1.83. The fourth-order valence-corrected chi connectivity index (χ4v) is 4.18. The van der Waals surface area contributed by atoms with Crippen molar-refractivity contribution >= 4 is 27.4 Å². The highest BCUT2D eigenvalue weighted by molar-refractivity contribution is 7.19. The quantitative estimate of drug-likeness (QED) is 0.912. The molecule has 0 saturated carbocycles. The number of nitrogens with one attached hydrogen (secondary N) is 1. The number of ether oxygens (including phenoxy) is 1. The van der Waals surface area contributed by atoms with Crippen LogP contribution in [-0.4, -0.2) is 23.6 Å². The largest absolute Gasteiger partial charge is 0.372 e. The topological polar surface area (TPSA) is 47.0 Å². The third-order valence-corrected chi connectivity index (χ3v) is 5.03. The Morgan fingerprint density at radius 1 is 1.30 bits per heavy atom. The van der Waals surface area contributed by atoms with Crippen molar-refractivity contribution in [2.75, 3.05) is 19.0 Å². The summed E-state index contributed by atoms with van der Waals surface area (Å²) in [5.41, 5.74) is 1.46. The molecular formula is C15H21N3OS. The minimum Gasteiger partial charge on any atom is -0.372 e. The van der Waals surface area contributed by atoms with Crippen LogP contribution in [0.1, 0.15) is 49.1 Å². The van der Waals surface area contributed by atoms with Crippen molar-refractivity contribution in [1.82, 2.24) is 9.97 Å². The zero-order valence-electron chi connectivity index (χ0n) is 12.3. The smallest absolute Gasteiger partial charge is 0.161 e. The van der Waals surface area contributed by atoms with Gasteiger partial charge in [-0.05, 0) is 38.2 Å². The first kappa shape index (κ1) is 13.8. The molecule has 1 N–H and O–H groups in total. The minimum absolute atomic E-state index is 0.00607. The van der Waals surface area contributed by atoms with Crippen LogP contribution in [0.4, 0.5) is 5.82 Å². The zero-order chi connectivity index (χ0) is 14.1. The molecule has 108 valence electrons. The fraction of sp³-hybridized carbons (Fsp3) is 0.600. The van der Waals surface area contributed by atoms with Gasteiger partial charge >= 0.3 is 0 Å². The maximum absolute atomic E-state index is 5.75.